The first-order chi connectivity index (χ1) is 15.5. The van der Waals surface area contributed by atoms with Gasteiger partial charge in [0.05, 0.1) is 24.1 Å². The molecular weight excluding hydrogens is 424 g/mol. The first kappa shape index (κ1) is 24.3. The van der Waals surface area contributed by atoms with Crippen molar-refractivity contribution in [3.05, 3.63) is 63.7 Å². The maximum absolute atomic E-state index is 13.1. The Morgan fingerprint density at radius 2 is 1.84 bits per heavy atom. The number of aromatic nitrogens is 2. The van der Waals surface area contributed by atoms with E-state index in [-0.39, 0.29) is 5.56 Å². The second kappa shape index (κ2) is 11.5. The van der Waals surface area contributed by atoms with E-state index in [0.717, 1.165) is 54.6 Å². The number of fused-ring (bicyclic) bond motifs is 1. The molecule has 0 saturated carbocycles. The minimum absolute atomic E-state index is 0.0167. The van der Waals surface area contributed by atoms with Crippen LogP contribution in [0.5, 0.6) is 0 Å². The van der Waals surface area contributed by atoms with Crippen LogP contribution in [0.3, 0.4) is 0 Å². The molecule has 3 aromatic rings. The summed E-state index contributed by atoms with van der Waals surface area (Å²) in [5, 5.41) is 6.36. The lowest BCUT2D eigenvalue weighted by atomic mass is 10.1. The third kappa shape index (κ3) is 5.69. The van der Waals surface area contributed by atoms with Crippen LogP contribution in [0.2, 0.25) is 0 Å². The van der Waals surface area contributed by atoms with Crippen molar-refractivity contribution in [3.8, 4) is 0 Å². The molecule has 2 N–H and O–H groups in total. The molecule has 2 aromatic carbocycles. The van der Waals surface area contributed by atoms with E-state index < -0.39 is 0 Å². The van der Waals surface area contributed by atoms with Gasteiger partial charge in [-0.05, 0) is 73.7 Å². The zero-order valence-corrected chi connectivity index (χ0v) is 20.1. The summed E-state index contributed by atoms with van der Waals surface area (Å²) in [6, 6.07) is 12.1. The second-order valence-corrected chi connectivity index (χ2v) is 8.49. The highest BCUT2D eigenvalue weighted by Crippen LogP contribution is 2.21. The highest BCUT2D eigenvalue weighted by Gasteiger charge is 2.14. The number of nitrogens with two attached hydrogens (primary N) is 1. The highest BCUT2D eigenvalue weighted by atomic mass is 32.2. The first-order valence-corrected chi connectivity index (χ1v) is 11.6. The fourth-order valence-electron chi connectivity index (χ4n) is 3.82. The van der Waals surface area contributed by atoms with Crippen LogP contribution in [-0.2, 0) is 22.4 Å². The maximum Gasteiger partial charge on any atom is 0.261 e. The third-order valence-electron chi connectivity index (χ3n) is 5.57. The molecule has 1 aliphatic rings. The van der Waals surface area contributed by atoms with E-state index in [1.165, 1.54) is 23.1 Å². The number of anilines is 1. The zero-order valence-electron chi connectivity index (χ0n) is 19.3. The van der Waals surface area contributed by atoms with E-state index in [4.69, 9.17) is 14.9 Å². The van der Waals surface area contributed by atoms with E-state index in [1.54, 1.807) is 18.8 Å². The smallest absolute Gasteiger partial charge is 0.261 e. The summed E-state index contributed by atoms with van der Waals surface area (Å²) in [5.74, 6) is 0.739. The topological polar surface area (TPSA) is 82.6 Å². The summed E-state index contributed by atoms with van der Waals surface area (Å²) in [7, 11) is 3.25. The van der Waals surface area contributed by atoms with Gasteiger partial charge in [0.15, 0.2) is 0 Å². The van der Waals surface area contributed by atoms with Crippen LogP contribution < -0.4 is 15.6 Å². The zero-order chi connectivity index (χ0) is 23.1. The van der Waals surface area contributed by atoms with Gasteiger partial charge in [-0.3, -0.25) is 14.5 Å². The minimum atomic E-state index is 0.0167. The lowest BCUT2D eigenvalue weighted by molar-refractivity contribution is 0.122. The molecule has 1 fully saturated rings. The molecule has 2 heterocycles. The molecule has 0 radical (unpaired) electrons. The van der Waals surface area contributed by atoms with E-state index in [0.29, 0.717) is 11.9 Å². The SMILES string of the molecule is COC.Cc1ccc(SN)cc1CCn1c(C)nc2cc(N3CCOCC3)ccc2c1=O. The van der Waals surface area contributed by atoms with Crippen LogP contribution in [0.25, 0.3) is 10.9 Å². The Balaban J connectivity index is 0.000000913. The van der Waals surface area contributed by atoms with Gasteiger partial charge in [-0.25, -0.2) is 4.98 Å². The van der Waals surface area contributed by atoms with Gasteiger partial charge in [-0.2, -0.15) is 0 Å². The number of morpholine rings is 1. The molecule has 0 aliphatic carbocycles. The molecule has 4 rings (SSSR count). The van der Waals surface area contributed by atoms with Crippen molar-refractivity contribution in [2.24, 2.45) is 5.14 Å². The van der Waals surface area contributed by atoms with Crippen molar-refractivity contribution in [3.63, 3.8) is 0 Å². The lowest BCUT2D eigenvalue weighted by Gasteiger charge is -2.29. The number of hydrogen-bond acceptors (Lipinski definition) is 7. The van der Waals surface area contributed by atoms with Gasteiger partial charge in [0.25, 0.3) is 5.56 Å². The Hall–Kier alpha value is -2.39. The monoisotopic (exact) mass is 456 g/mol. The van der Waals surface area contributed by atoms with Crippen molar-refractivity contribution >= 4 is 28.5 Å². The van der Waals surface area contributed by atoms with Crippen LogP contribution in [0.4, 0.5) is 5.69 Å². The molecular formula is C24H32N4O3S. The van der Waals surface area contributed by atoms with Crippen molar-refractivity contribution < 1.29 is 9.47 Å². The van der Waals surface area contributed by atoms with Crippen molar-refractivity contribution in [1.82, 2.24) is 9.55 Å². The predicted molar refractivity (Wildman–Crippen MR) is 132 cm³/mol. The molecule has 0 atom stereocenters. The normalized spacial score (nSPS) is 13.7. The minimum Gasteiger partial charge on any atom is -0.388 e. The van der Waals surface area contributed by atoms with Crippen molar-refractivity contribution in [1.29, 1.82) is 0 Å². The van der Waals surface area contributed by atoms with E-state index >= 15 is 0 Å². The molecule has 0 amide bonds. The predicted octanol–water partition coefficient (Wildman–Crippen LogP) is 3.32. The summed E-state index contributed by atoms with van der Waals surface area (Å²) >= 11 is 1.24. The molecule has 8 heteroatoms. The van der Waals surface area contributed by atoms with Crippen LogP contribution >= 0.6 is 11.9 Å². The Morgan fingerprint density at radius 1 is 1.12 bits per heavy atom. The van der Waals surface area contributed by atoms with Gasteiger partial charge in [-0.15, -0.1) is 0 Å². The average Bonchev–Trinajstić information content (AvgIpc) is 2.80. The fraction of sp³-hybridized carbons (Fsp3) is 0.417. The summed E-state index contributed by atoms with van der Waals surface area (Å²) in [6.07, 6.45) is 0.764. The maximum atomic E-state index is 13.1. The second-order valence-electron chi connectivity index (χ2n) is 7.78. The van der Waals surface area contributed by atoms with E-state index in [9.17, 15) is 4.79 Å². The number of nitrogens with zero attached hydrogens (tertiary/aromatic N) is 3. The number of benzene rings is 2. The average molecular weight is 457 g/mol. The number of hydrogen-bond donors (Lipinski definition) is 1. The molecule has 172 valence electrons. The van der Waals surface area contributed by atoms with Gasteiger partial charge in [-0.1, -0.05) is 6.07 Å². The molecule has 1 saturated heterocycles. The highest BCUT2D eigenvalue weighted by molar-refractivity contribution is 7.97. The number of aryl methyl sites for hydroxylation is 3. The quantitative estimate of drug-likeness (QED) is 0.590. The van der Waals surface area contributed by atoms with Gasteiger partial charge >= 0.3 is 0 Å². The summed E-state index contributed by atoms with van der Waals surface area (Å²) in [5.41, 5.74) is 4.27. The Morgan fingerprint density at radius 3 is 2.53 bits per heavy atom. The molecule has 0 bridgehead atoms. The van der Waals surface area contributed by atoms with Gasteiger partial charge in [0.1, 0.15) is 5.82 Å². The lowest BCUT2D eigenvalue weighted by Crippen LogP contribution is -2.36. The Labute approximate surface area is 193 Å². The Bertz CT molecular complexity index is 1110. The number of ether oxygens (including phenoxy) is 2. The molecule has 0 unspecified atom stereocenters. The van der Waals surface area contributed by atoms with Crippen molar-refractivity contribution in [2.45, 2.75) is 31.7 Å². The largest absolute Gasteiger partial charge is 0.388 e. The van der Waals surface area contributed by atoms with Gasteiger partial charge in [0, 0.05) is 44.4 Å². The summed E-state index contributed by atoms with van der Waals surface area (Å²) in [6.45, 7) is 7.77. The third-order valence-corrected chi connectivity index (χ3v) is 6.09. The van der Waals surface area contributed by atoms with Gasteiger partial charge < -0.3 is 14.4 Å². The van der Waals surface area contributed by atoms with E-state index in [1.807, 2.05) is 31.2 Å². The number of methoxy groups -OCH3 is 1. The van der Waals surface area contributed by atoms with Crippen molar-refractivity contribution in [2.75, 3.05) is 45.4 Å². The molecule has 1 aliphatic heterocycles. The molecule has 1 aromatic heterocycles. The van der Waals surface area contributed by atoms with Crippen LogP contribution in [0, 0.1) is 13.8 Å². The fourth-order valence-corrected chi connectivity index (χ4v) is 4.18. The van der Waals surface area contributed by atoms with Crippen LogP contribution in [-0.4, -0.2) is 50.1 Å². The Kier molecular flexibility index (Phi) is 8.69. The van der Waals surface area contributed by atoms with Crippen LogP contribution in [0.15, 0.2) is 46.1 Å². The standard InChI is InChI=1S/C22H26N4O2S.C2H6O/c1-15-3-5-19(29-23)13-17(15)7-8-26-16(2)24-21-14-18(4-6-20(21)22(26)27)25-9-11-28-12-10-25;1-3-2/h3-6,13-14H,7-12,23H2,1-2H3;1-2H3. The molecule has 7 nitrogen and oxygen atoms in total. The molecule has 0 spiro atoms. The first-order valence-electron chi connectivity index (χ1n) is 10.7. The van der Waals surface area contributed by atoms with Gasteiger partial charge in [0.2, 0.25) is 0 Å². The summed E-state index contributed by atoms with van der Waals surface area (Å²) in [4.78, 5) is 21.2. The number of rotatable bonds is 5. The molecule has 32 heavy (non-hydrogen) atoms. The van der Waals surface area contributed by atoms with Crippen LogP contribution in [0.1, 0.15) is 17.0 Å². The van der Waals surface area contributed by atoms with E-state index in [2.05, 4.69) is 28.7 Å². The summed E-state index contributed by atoms with van der Waals surface area (Å²) < 4.78 is 11.5.